The first-order valence-electron chi connectivity index (χ1n) is 10.4. The van der Waals surface area contributed by atoms with Gasteiger partial charge in [-0.15, -0.1) is 0 Å². The number of ketones is 1. The minimum Gasteiger partial charge on any atom is -0.368 e. The summed E-state index contributed by atoms with van der Waals surface area (Å²) >= 11 is 0. The van der Waals surface area contributed by atoms with Crippen LogP contribution in [0.1, 0.15) is 42.4 Å². The van der Waals surface area contributed by atoms with Crippen molar-refractivity contribution in [1.29, 1.82) is 0 Å². The van der Waals surface area contributed by atoms with Crippen molar-refractivity contribution in [3.63, 3.8) is 0 Å². The lowest BCUT2D eigenvalue weighted by Crippen LogP contribution is -2.21. The third-order valence-electron chi connectivity index (χ3n) is 5.05. The highest BCUT2D eigenvalue weighted by molar-refractivity contribution is 6.16. The lowest BCUT2D eigenvalue weighted by atomic mass is 10.1. The molecule has 0 aliphatic heterocycles. The van der Waals surface area contributed by atoms with Gasteiger partial charge in [-0.25, -0.2) is 4.98 Å². The zero-order valence-electron chi connectivity index (χ0n) is 19.0. The number of rotatable bonds is 5. The summed E-state index contributed by atoms with van der Waals surface area (Å²) in [6.07, 6.45) is 2.27. The van der Waals surface area contributed by atoms with Gasteiger partial charge in [-0.2, -0.15) is 23.3 Å². The van der Waals surface area contributed by atoms with Crippen LogP contribution >= 0.6 is 0 Å². The van der Waals surface area contributed by atoms with E-state index in [1.165, 1.54) is 24.7 Å². The molecule has 13 heteroatoms. The topological polar surface area (TPSA) is 134 Å². The highest BCUT2D eigenvalue weighted by Gasteiger charge is 2.33. The Labute approximate surface area is 197 Å². The van der Waals surface area contributed by atoms with Crippen molar-refractivity contribution in [3.8, 4) is 0 Å². The number of aromatic nitrogens is 6. The largest absolute Gasteiger partial charge is 0.435 e. The fourth-order valence-corrected chi connectivity index (χ4v) is 3.45. The number of nitrogens with two attached hydrogens (primary N) is 1. The summed E-state index contributed by atoms with van der Waals surface area (Å²) in [6, 6.07) is 2.20. The number of nitrogen functional groups attached to an aromatic ring is 1. The molecule has 3 N–H and O–H groups in total. The maximum absolute atomic E-state index is 13.3. The van der Waals surface area contributed by atoms with Crippen LogP contribution in [0.3, 0.4) is 0 Å². The Morgan fingerprint density at radius 2 is 1.89 bits per heavy atom. The summed E-state index contributed by atoms with van der Waals surface area (Å²) in [6.45, 7) is 5.40. The Morgan fingerprint density at radius 1 is 1.14 bits per heavy atom. The molecule has 0 aromatic carbocycles. The normalized spacial score (nSPS) is 12.2. The number of fused-ring (bicyclic) bond motifs is 1. The lowest BCUT2D eigenvalue weighted by Gasteiger charge is -2.21. The quantitative estimate of drug-likeness (QED) is 0.414. The number of alkyl halides is 3. The number of amides is 1. The van der Waals surface area contributed by atoms with E-state index in [0.717, 1.165) is 16.9 Å². The number of pyridine rings is 1. The molecule has 0 saturated carbocycles. The van der Waals surface area contributed by atoms with Gasteiger partial charge in [-0.05, 0) is 32.9 Å². The lowest BCUT2D eigenvalue weighted by molar-refractivity contribution is -0.141. The molecule has 0 fully saturated rings. The Hall–Kier alpha value is -4.29. The van der Waals surface area contributed by atoms with Gasteiger partial charge >= 0.3 is 6.18 Å². The van der Waals surface area contributed by atoms with E-state index in [2.05, 4.69) is 25.4 Å². The van der Waals surface area contributed by atoms with Crippen molar-refractivity contribution in [1.82, 2.24) is 29.3 Å². The van der Waals surface area contributed by atoms with Crippen LogP contribution in [0, 0.1) is 0 Å². The maximum atomic E-state index is 13.3. The second-order valence-corrected chi connectivity index (χ2v) is 8.78. The monoisotopic (exact) mass is 486 g/mol. The highest BCUT2D eigenvalue weighted by Crippen LogP contribution is 2.29. The fourth-order valence-electron chi connectivity index (χ4n) is 3.45. The van der Waals surface area contributed by atoms with E-state index >= 15 is 0 Å². The number of carbonyl (C=O) groups excluding carboxylic acids is 2. The first-order valence-corrected chi connectivity index (χ1v) is 10.4. The maximum Gasteiger partial charge on any atom is 0.435 e. The molecule has 0 atom stereocenters. The van der Waals surface area contributed by atoms with Crippen LogP contribution in [0.5, 0.6) is 0 Å². The molecule has 0 radical (unpaired) electrons. The minimum absolute atomic E-state index is 0.0750. The van der Waals surface area contributed by atoms with Crippen molar-refractivity contribution in [2.45, 2.75) is 39.0 Å². The molecule has 0 aliphatic rings. The van der Waals surface area contributed by atoms with Gasteiger partial charge < -0.3 is 15.6 Å². The van der Waals surface area contributed by atoms with E-state index < -0.39 is 29.9 Å². The zero-order valence-corrected chi connectivity index (χ0v) is 19.0. The average Bonchev–Trinajstić information content (AvgIpc) is 3.37. The predicted octanol–water partition coefficient (Wildman–Crippen LogP) is 3.25. The van der Waals surface area contributed by atoms with E-state index in [-0.39, 0.29) is 23.0 Å². The molecule has 182 valence electrons. The van der Waals surface area contributed by atoms with Crippen molar-refractivity contribution in [2.75, 3.05) is 11.1 Å². The number of hydrogen-bond acceptors (Lipinski definition) is 7. The van der Waals surface area contributed by atoms with Gasteiger partial charge in [0.05, 0.1) is 17.4 Å². The molecule has 4 rings (SSSR count). The van der Waals surface area contributed by atoms with E-state index in [0.29, 0.717) is 16.6 Å². The number of halogens is 3. The molecule has 0 aliphatic carbocycles. The van der Waals surface area contributed by atoms with Crippen molar-refractivity contribution in [2.24, 2.45) is 0 Å². The summed E-state index contributed by atoms with van der Waals surface area (Å²) in [5, 5.41) is 6.37. The predicted molar refractivity (Wildman–Crippen MR) is 120 cm³/mol. The van der Waals surface area contributed by atoms with E-state index in [9.17, 15) is 22.8 Å². The molecule has 4 heterocycles. The van der Waals surface area contributed by atoms with Crippen LogP contribution < -0.4 is 11.1 Å². The average molecular weight is 486 g/mol. The van der Waals surface area contributed by atoms with Crippen molar-refractivity contribution < 1.29 is 22.8 Å². The van der Waals surface area contributed by atoms with Crippen LogP contribution in [0.15, 0.2) is 43.1 Å². The Bertz CT molecular complexity index is 1430. The number of anilines is 2. The summed E-state index contributed by atoms with van der Waals surface area (Å²) < 4.78 is 40.8. The fraction of sp³-hybridized carbons (Fsp3) is 0.273. The molecular weight excluding hydrogens is 465 g/mol. The van der Waals surface area contributed by atoms with Gasteiger partial charge in [0.25, 0.3) is 0 Å². The Kier molecular flexibility index (Phi) is 5.79. The first-order chi connectivity index (χ1) is 16.3. The number of hydrogen-bond donors (Lipinski definition) is 2. The second-order valence-electron chi connectivity index (χ2n) is 8.78. The van der Waals surface area contributed by atoms with Crippen molar-refractivity contribution >= 4 is 34.4 Å². The van der Waals surface area contributed by atoms with E-state index in [1.54, 1.807) is 6.20 Å². The van der Waals surface area contributed by atoms with E-state index in [1.807, 2.05) is 25.3 Å². The number of carbonyl (C=O) groups is 2. The first kappa shape index (κ1) is 23.9. The molecule has 35 heavy (non-hydrogen) atoms. The van der Waals surface area contributed by atoms with Crippen LogP contribution in [-0.4, -0.2) is 41.0 Å². The third-order valence-corrected chi connectivity index (χ3v) is 5.05. The summed E-state index contributed by atoms with van der Waals surface area (Å²) in [7, 11) is 0. The minimum atomic E-state index is -4.60. The van der Waals surface area contributed by atoms with Gasteiger partial charge in [0.15, 0.2) is 11.5 Å². The number of nitrogens with zero attached hydrogens (tertiary/aromatic N) is 6. The van der Waals surface area contributed by atoms with Gasteiger partial charge in [0, 0.05) is 41.3 Å². The van der Waals surface area contributed by atoms with Crippen LogP contribution in [0.25, 0.3) is 11.0 Å². The SMILES string of the molecule is CC(C)(C)n1cc(C(=O)c2cncc(NC(=O)Cn3ccc(C(F)(F)F)n3)c2)c2cnc(N)nc21. The van der Waals surface area contributed by atoms with Crippen LogP contribution in [0.4, 0.5) is 24.8 Å². The van der Waals surface area contributed by atoms with Gasteiger partial charge in [-0.3, -0.25) is 19.3 Å². The molecule has 0 unspecified atom stereocenters. The van der Waals surface area contributed by atoms with Gasteiger partial charge in [-0.1, -0.05) is 0 Å². The second kappa shape index (κ2) is 8.49. The molecule has 4 aromatic rings. The Balaban J connectivity index is 1.57. The van der Waals surface area contributed by atoms with Crippen LogP contribution in [0.2, 0.25) is 0 Å². The van der Waals surface area contributed by atoms with Gasteiger partial charge in [0.1, 0.15) is 12.2 Å². The molecule has 0 spiro atoms. The summed E-state index contributed by atoms with van der Waals surface area (Å²) in [5.41, 5.74) is 5.47. The molecule has 0 saturated heterocycles. The van der Waals surface area contributed by atoms with Crippen molar-refractivity contribution in [3.05, 3.63) is 59.9 Å². The standard InChI is InChI=1S/C22H21F3N8O2/c1-21(2,3)33-10-15(14-9-28-20(26)30-19(14)33)18(35)12-6-13(8-27-7-12)29-17(34)11-32-5-4-16(31-32)22(23,24)25/h4-10H,11H2,1-3H3,(H,29,34)(H2,26,28,30). The molecule has 1 amide bonds. The molecule has 10 nitrogen and oxygen atoms in total. The molecule has 4 aromatic heterocycles. The summed E-state index contributed by atoms with van der Waals surface area (Å²) in [5.74, 6) is -0.940. The zero-order chi connectivity index (χ0) is 25.5. The van der Waals surface area contributed by atoms with Gasteiger partial charge in [0.2, 0.25) is 11.9 Å². The molecule has 0 bridgehead atoms. The van der Waals surface area contributed by atoms with Crippen LogP contribution in [-0.2, 0) is 23.1 Å². The summed E-state index contributed by atoms with van der Waals surface area (Å²) in [4.78, 5) is 37.9. The van der Waals surface area contributed by atoms with E-state index in [4.69, 9.17) is 5.73 Å². The molecular formula is C22H21F3N8O2. The number of nitrogens with one attached hydrogen (secondary N) is 1. The smallest absolute Gasteiger partial charge is 0.368 e. The Morgan fingerprint density at radius 3 is 2.54 bits per heavy atom. The highest BCUT2D eigenvalue weighted by atomic mass is 19.4. The third kappa shape index (κ3) is 4.98.